The monoisotopic (exact) mass is 287 g/mol. The van der Waals surface area contributed by atoms with Gasteiger partial charge >= 0.3 is 5.97 Å². The molecular weight excluding hydrogens is 270 g/mol. The zero-order chi connectivity index (χ0) is 15.0. The van der Waals surface area contributed by atoms with Crippen molar-refractivity contribution in [2.75, 3.05) is 20.7 Å². The lowest BCUT2D eigenvalue weighted by Gasteiger charge is -2.12. The van der Waals surface area contributed by atoms with E-state index >= 15 is 0 Å². The van der Waals surface area contributed by atoms with Crippen LogP contribution in [0.5, 0.6) is 0 Å². The third-order valence-corrected chi connectivity index (χ3v) is 3.91. The van der Waals surface area contributed by atoms with Crippen LogP contribution in [0, 0.1) is 0 Å². The van der Waals surface area contributed by atoms with E-state index in [1.165, 1.54) is 7.11 Å². The average Bonchev–Trinajstić information content (AvgIpc) is 3.00. The van der Waals surface area contributed by atoms with Crippen molar-refractivity contribution in [3.8, 4) is 0 Å². The van der Waals surface area contributed by atoms with Gasteiger partial charge in [-0.25, -0.2) is 4.98 Å². The van der Waals surface area contributed by atoms with Crippen LogP contribution >= 0.6 is 0 Å². The number of hydrogen-bond acceptors (Lipinski definition) is 4. The van der Waals surface area contributed by atoms with Gasteiger partial charge < -0.3 is 14.2 Å². The molecule has 2 aromatic rings. The average molecular weight is 287 g/mol. The number of imidazole rings is 1. The summed E-state index contributed by atoms with van der Waals surface area (Å²) >= 11 is 0. The van der Waals surface area contributed by atoms with Crippen molar-refractivity contribution in [3.05, 3.63) is 30.1 Å². The maximum absolute atomic E-state index is 11.8. The summed E-state index contributed by atoms with van der Waals surface area (Å²) in [7, 11) is 3.16. The van der Waals surface area contributed by atoms with Crippen molar-refractivity contribution < 1.29 is 14.3 Å². The Morgan fingerprint density at radius 3 is 2.86 bits per heavy atom. The highest BCUT2D eigenvalue weighted by Crippen LogP contribution is 2.29. The summed E-state index contributed by atoms with van der Waals surface area (Å²) < 4.78 is 6.63. The van der Waals surface area contributed by atoms with E-state index in [2.05, 4.69) is 4.98 Å². The second kappa shape index (κ2) is 5.20. The molecule has 0 N–H and O–H groups in total. The minimum atomic E-state index is -0.322. The Hall–Kier alpha value is -2.37. The number of carbonyl (C=O) groups excluding carboxylic acids is 2. The molecule has 1 aliphatic heterocycles. The molecule has 0 bridgehead atoms. The number of esters is 1. The van der Waals surface area contributed by atoms with E-state index < -0.39 is 0 Å². The Bertz CT molecular complexity index is 707. The van der Waals surface area contributed by atoms with Crippen LogP contribution in [0.1, 0.15) is 18.2 Å². The van der Waals surface area contributed by atoms with Crippen molar-refractivity contribution in [3.63, 3.8) is 0 Å². The molecule has 3 rings (SSSR count). The molecule has 1 saturated heterocycles. The zero-order valence-electron chi connectivity index (χ0n) is 12.1. The molecule has 1 amide bonds. The van der Waals surface area contributed by atoms with Crippen LogP contribution in [-0.2, 0) is 20.9 Å². The van der Waals surface area contributed by atoms with Crippen molar-refractivity contribution in [2.24, 2.45) is 0 Å². The second-order valence-electron chi connectivity index (χ2n) is 5.30. The quantitative estimate of drug-likeness (QED) is 0.795. The third-order valence-electron chi connectivity index (χ3n) is 3.91. The Kier molecular flexibility index (Phi) is 3.37. The first-order valence-electron chi connectivity index (χ1n) is 6.86. The van der Waals surface area contributed by atoms with Gasteiger partial charge in [0.15, 0.2) is 0 Å². The lowest BCUT2D eigenvalue weighted by atomic mass is 10.1. The maximum Gasteiger partial charge on any atom is 0.325 e. The largest absolute Gasteiger partial charge is 0.468 e. The van der Waals surface area contributed by atoms with E-state index in [1.54, 1.807) is 11.9 Å². The molecule has 0 aliphatic carbocycles. The van der Waals surface area contributed by atoms with Crippen molar-refractivity contribution in [1.82, 2.24) is 14.5 Å². The summed E-state index contributed by atoms with van der Waals surface area (Å²) in [5.41, 5.74) is 1.72. The molecule has 1 aliphatic rings. The SMILES string of the molecule is COC(=O)Cn1c([C@H]2CC(=O)N(C)C2)nc2ccccc21. The number of ether oxygens (including phenoxy) is 1. The standard InChI is InChI=1S/C15H17N3O3/c1-17-8-10(7-13(17)19)15-16-11-5-3-4-6-12(11)18(15)9-14(20)21-2/h3-6,10H,7-9H2,1-2H3/t10-/m0/s1. The molecule has 1 atom stereocenters. The molecule has 6 nitrogen and oxygen atoms in total. The summed E-state index contributed by atoms with van der Waals surface area (Å²) in [6, 6.07) is 7.66. The molecule has 1 aromatic carbocycles. The first-order valence-corrected chi connectivity index (χ1v) is 6.86. The van der Waals surface area contributed by atoms with Crippen LogP contribution in [-0.4, -0.2) is 47.0 Å². The topological polar surface area (TPSA) is 64.4 Å². The summed E-state index contributed by atoms with van der Waals surface area (Å²) in [5.74, 6) is 0.576. The Morgan fingerprint density at radius 1 is 1.43 bits per heavy atom. The summed E-state index contributed by atoms with van der Waals surface area (Å²) in [4.78, 5) is 29.8. The number of fused-ring (bicyclic) bond motifs is 1. The molecule has 6 heteroatoms. The van der Waals surface area contributed by atoms with E-state index in [0.29, 0.717) is 13.0 Å². The molecule has 0 radical (unpaired) electrons. The van der Waals surface area contributed by atoms with E-state index in [1.807, 2.05) is 28.8 Å². The predicted molar refractivity (Wildman–Crippen MR) is 76.7 cm³/mol. The van der Waals surface area contributed by atoms with Gasteiger partial charge in [-0.05, 0) is 12.1 Å². The molecular formula is C15H17N3O3. The van der Waals surface area contributed by atoms with E-state index in [0.717, 1.165) is 16.9 Å². The molecule has 1 fully saturated rings. The number of likely N-dealkylation sites (tertiary alicyclic amines) is 1. The minimum Gasteiger partial charge on any atom is -0.468 e. The first-order chi connectivity index (χ1) is 10.1. The Morgan fingerprint density at radius 2 is 2.19 bits per heavy atom. The van der Waals surface area contributed by atoms with E-state index in [9.17, 15) is 9.59 Å². The van der Waals surface area contributed by atoms with Gasteiger partial charge in [-0.2, -0.15) is 0 Å². The highest BCUT2D eigenvalue weighted by atomic mass is 16.5. The van der Waals surface area contributed by atoms with Gasteiger partial charge in [-0.15, -0.1) is 0 Å². The van der Waals surface area contributed by atoms with E-state index in [4.69, 9.17) is 4.74 Å². The van der Waals surface area contributed by atoms with Crippen LogP contribution < -0.4 is 0 Å². The normalized spacial score (nSPS) is 18.5. The molecule has 0 spiro atoms. The van der Waals surface area contributed by atoms with Crippen molar-refractivity contribution in [2.45, 2.75) is 18.9 Å². The van der Waals surface area contributed by atoms with Gasteiger partial charge in [0, 0.05) is 25.9 Å². The fraction of sp³-hybridized carbons (Fsp3) is 0.400. The fourth-order valence-electron chi connectivity index (χ4n) is 2.80. The molecule has 0 saturated carbocycles. The zero-order valence-corrected chi connectivity index (χ0v) is 12.1. The second-order valence-corrected chi connectivity index (χ2v) is 5.30. The van der Waals surface area contributed by atoms with Crippen molar-refractivity contribution >= 4 is 22.9 Å². The first kappa shape index (κ1) is 13.6. The summed E-state index contributed by atoms with van der Waals surface area (Å²) in [5, 5.41) is 0. The predicted octanol–water partition coefficient (Wildman–Crippen LogP) is 1.15. The van der Waals surface area contributed by atoms with Crippen molar-refractivity contribution in [1.29, 1.82) is 0 Å². The smallest absolute Gasteiger partial charge is 0.325 e. The number of amides is 1. The van der Waals surface area contributed by atoms with Gasteiger partial charge in [0.25, 0.3) is 0 Å². The van der Waals surface area contributed by atoms with Gasteiger partial charge in [-0.1, -0.05) is 12.1 Å². The highest BCUT2D eigenvalue weighted by molar-refractivity contribution is 5.81. The summed E-state index contributed by atoms with van der Waals surface area (Å²) in [6.45, 7) is 0.740. The molecule has 110 valence electrons. The lowest BCUT2D eigenvalue weighted by Crippen LogP contribution is -2.20. The van der Waals surface area contributed by atoms with Gasteiger partial charge in [0.2, 0.25) is 5.91 Å². The van der Waals surface area contributed by atoms with Crippen LogP contribution in [0.25, 0.3) is 11.0 Å². The fourth-order valence-corrected chi connectivity index (χ4v) is 2.80. The maximum atomic E-state index is 11.8. The molecule has 2 heterocycles. The minimum absolute atomic E-state index is 0.0135. The van der Waals surface area contributed by atoms with E-state index in [-0.39, 0.29) is 24.3 Å². The number of nitrogens with zero attached hydrogens (tertiary/aromatic N) is 3. The number of methoxy groups -OCH3 is 1. The Labute approximate surface area is 122 Å². The number of rotatable bonds is 3. The van der Waals surface area contributed by atoms with Crippen LogP contribution in [0.3, 0.4) is 0 Å². The number of para-hydroxylation sites is 2. The molecule has 21 heavy (non-hydrogen) atoms. The van der Waals surface area contributed by atoms with Gasteiger partial charge in [0.1, 0.15) is 12.4 Å². The lowest BCUT2D eigenvalue weighted by molar-refractivity contribution is -0.141. The number of aromatic nitrogens is 2. The third kappa shape index (κ3) is 2.37. The number of hydrogen-bond donors (Lipinski definition) is 0. The molecule has 0 unspecified atom stereocenters. The number of benzene rings is 1. The molecule has 1 aromatic heterocycles. The van der Waals surface area contributed by atoms with Crippen LogP contribution in [0.4, 0.5) is 0 Å². The van der Waals surface area contributed by atoms with Gasteiger partial charge in [-0.3, -0.25) is 9.59 Å². The van der Waals surface area contributed by atoms with Crippen LogP contribution in [0.15, 0.2) is 24.3 Å². The van der Waals surface area contributed by atoms with Crippen LogP contribution in [0.2, 0.25) is 0 Å². The van der Waals surface area contributed by atoms with Gasteiger partial charge in [0.05, 0.1) is 18.1 Å². The number of carbonyl (C=O) groups is 2. The highest BCUT2D eigenvalue weighted by Gasteiger charge is 2.32. The Balaban J connectivity index is 2.06. The number of likely N-dealkylation sites (N-methyl/N-ethyl adjacent to an activating group) is 1. The summed E-state index contributed by atoms with van der Waals surface area (Å²) in [6.07, 6.45) is 0.432.